The van der Waals surface area contributed by atoms with Gasteiger partial charge in [-0.2, -0.15) is 0 Å². The van der Waals surface area contributed by atoms with Crippen LogP contribution in [0.25, 0.3) is 0 Å². The van der Waals surface area contributed by atoms with Crippen molar-refractivity contribution in [1.29, 1.82) is 0 Å². The standard InChI is InChI=1S/C6H10BO2/c1-6(5(8)9)2-3-7-4-6/h2-4H2,1H3,(H,8,9). The largest absolute Gasteiger partial charge is 0.481 e. The molecule has 1 unspecified atom stereocenters. The van der Waals surface area contributed by atoms with Gasteiger partial charge in [-0.15, -0.1) is 0 Å². The van der Waals surface area contributed by atoms with Crippen molar-refractivity contribution in [2.75, 3.05) is 0 Å². The van der Waals surface area contributed by atoms with E-state index < -0.39 is 11.4 Å². The summed E-state index contributed by atoms with van der Waals surface area (Å²) in [5.74, 6) is -0.656. The predicted octanol–water partition coefficient (Wildman–Crippen LogP) is 1.02. The molecule has 1 aliphatic heterocycles. The van der Waals surface area contributed by atoms with Crippen molar-refractivity contribution in [1.82, 2.24) is 0 Å². The SMILES string of the molecule is CC1(C(=O)O)C[B]CC1. The quantitative estimate of drug-likeness (QED) is 0.531. The average Bonchev–Trinajstić information content (AvgIpc) is 2.16. The van der Waals surface area contributed by atoms with Crippen molar-refractivity contribution in [2.24, 2.45) is 5.41 Å². The van der Waals surface area contributed by atoms with E-state index in [9.17, 15) is 4.79 Å². The number of carbonyl (C=O) groups is 1. The fraction of sp³-hybridized carbons (Fsp3) is 0.833. The molecular weight excluding hydrogens is 115 g/mol. The van der Waals surface area contributed by atoms with Crippen LogP contribution in [0, 0.1) is 5.41 Å². The molecule has 3 heteroatoms. The number of carboxylic acid groups (broad SMARTS) is 1. The molecule has 1 saturated heterocycles. The van der Waals surface area contributed by atoms with Crippen LogP contribution in [-0.2, 0) is 4.79 Å². The molecule has 1 fully saturated rings. The monoisotopic (exact) mass is 125 g/mol. The van der Waals surface area contributed by atoms with E-state index in [4.69, 9.17) is 5.11 Å². The first-order chi connectivity index (χ1) is 4.15. The van der Waals surface area contributed by atoms with Gasteiger partial charge in [0.2, 0.25) is 0 Å². The van der Waals surface area contributed by atoms with Crippen LogP contribution in [0.3, 0.4) is 0 Å². The van der Waals surface area contributed by atoms with Crippen LogP contribution in [0.1, 0.15) is 13.3 Å². The van der Waals surface area contributed by atoms with Gasteiger partial charge in [0, 0.05) is 0 Å². The maximum atomic E-state index is 10.5. The number of rotatable bonds is 1. The van der Waals surface area contributed by atoms with Crippen molar-refractivity contribution < 1.29 is 9.90 Å². The Morgan fingerprint density at radius 2 is 2.44 bits per heavy atom. The van der Waals surface area contributed by atoms with Crippen LogP contribution in [0.15, 0.2) is 0 Å². The Hall–Kier alpha value is -0.465. The molecule has 1 heterocycles. The highest BCUT2D eigenvalue weighted by Gasteiger charge is 2.35. The lowest BCUT2D eigenvalue weighted by Gasteiger charge is -2.16. The molecule has 0 aromatic rings. The van der Waals surface area contributed by atoms with Gasteiger partial charge < -0.3 is 5.11 Å². The van der Waals surface area contributed by atoms with Gasteiger partial charge >= 0.3 is 5.97 Å². The van der Waals surface area contributed by atoms with E-state index in [1.54, 1.807) is 6.92 Å². The molecule has 1 N–H and O–H groups in total. The molecule has 1 radical (unpaired) electrons. The molecule has 49 valence electrons. The number of hydrogen-bond acceptors (Lipinski definition) is 1. The van der Waals surface area contributed by atoms with Crippen LogP contribution >= 0.6 is 0 Å². The van der Waals surface area contributed by atoms with E-state index in [1.165, 1.54) is 0 Å². The van der Waals surface area contributed by atoms with Crippen molar-refractivity contribution in [3.8, 4) is 0 Å². The van der Waals surface area contributed by atoms with Crippen molar-refractivity contribution in [2.45, 2.75) is 26.0 Å². The number of carboxylic acids is 1. The highest BCUT2D eigenvalue weighted by molar-refractivity contribution is 6.37. The Kier molecular flexibility index (Phi) is 1.51. The highest BCUT2D eigenvalue weighted by Crippen LogP contribution is 2.34. The van der Waals surface area contributed by atoms with Gasteiger partial charge in [-0.25, -0.2) is 0 Å². The Bertz CT molecular complexity index is 127. The van der Waals surface area contributed by atoms with Gasteiger partial charge in [0.05, 0.1) is 5.41 Å². The van der Waals surface area contributed by atoms with Gasteiger partial charge in [-0.05, 0) is 13.3 Å². The van der Waals surface area contributed by atoms with Crippen molar-refractivity contribution in [3.05, 3.63) is 0 Å². The average molecular weight is 125 g/mol. The lowest BCUT2D eigenvalue weighted by molar-refractivity contribution is -0.146. The maximum Gasteiger partial charge on any atom is 0.308 e. The van der Waals surface area contributed by atoms with Crippen LogP contribution in [-0.4, -0.2) is 18.4 Å². The summed E-state index contributed by atoms with van der Waals surface area (Å²) in [6.45, 7) is 1.80. The molecule has 0 spiro atoms. The molecule has 0 bridgehead atoms. The molecule has 1 aliphatic rings. The van der Waals surface area contributed by atoms with E-state index in [2.05, 4.69) is 0 Å². The minimum Gasteiger partial charge on any atom is -0.481 e. The Morgan fingerprint density at radius 3 is 2.67 bits per heavy atom. The third-order valence-corrected chi connectivity index (χ3v) is 2.01. The fourth-order valence-corrected chi connectivity index (χ4v) is 1.14. The minimum atomic E-state index is -0.656. The van der Waals surface area contributed by atoms with Crippen molar-refractivity contribution in [3.63, 3.8) is 0 Å². The zero-order valence-electron chi connectivity index (χ0n) is 5.55. The highest BCUT2D eigenvalue weighted by atomic mass is 16.4. The third-order valence-electron chi connectivity index (χ3n) is 2.01. The van der Waals surface area contributed by atoms with E-state index in [-0.39, 0.29) is 0 Å². The third kappa shape index (κ3) is 1.09. The summed E-state index contributed by atoms with van der Waals surface area (Å²) in [5, 5.41) is 8.65. The van der Waals surface area contributed by atoms with Gasteiger partial charge in [0.25, 0.3) is 0 Å². The van der Waals surface area contributed by atoms with Gasteiger partial charge in [0.1, 0.15) is 7.28 Å². The Labute approximate surface area is 55.5 Å². The maximum absolute atomic E-state index is 10.5. The molecule has 1 atom stereocenters. The van der Waals surface area contributed by atoms with Crippen molar-refractivity contribution >= 4 is 13.2 Å². The molecular formula is C6H10BO2. The number of hydrogen-bond donors (Lipinski definition) is 1. The minimum absolute atomic E-state index is 0.444. The molecule has 0 aromatic carbocycles. The first kappa shape index (κ1) is 6.65. The molecule has 1 rings (SSSR count). The summed E-state index contributed by atoms with van der Waals surface area (Å²) in [4.78, 5) is 10.5. The van der Waals surface area contributed by atoms with Gasteiger partial charge in [-0.1, -0.05) is 12.6 Å². The number of aliphatic carboxylic acids is 1. The van der Waals surface area contributed by atoms with E-state index in [0.29, 0.717) is 0 Å². The topological polar surface area (TPSA) is 37.3 Å². The summed E-state index contributed by atoms with van der Waals surface area (Å²) in [5.41, 5.74) is -0.444. The zero-order valence-corrected chi connectivity index (χ0v) is 5.55. The molecule has 0 saturated carbocycles. The van der Waals surface area contributed by atoms with E-state index in [1.807, 2.05) is 7.28 Å². The Balaban J connectivity index is 2.61. The summed E-state index contributed by atoms with van der Waals surface area (Å²) in [6.07, 6.45) is 2.51. The second kappa shape index (κ2) is 2.05. The van der Waals surface area contributed by atoms with Crippen LogP contribution in [0.5, 0.6) is 0 Å². The predicted molar refractivity (Wildman–Crippen MR) is 35.7 cm³/mol. The molecule has 2 nitrogen and oxygen atoms in total. The lowest BCUT2D eigenvalue weighted by atomic mass is 9.73. The molecule has 0 aromatic heterocycles. The summed E-state index contributed by atoms with van der Waals surface area (Å²) < 4.78 is 0. The van der Waals surface area contributed by atoms with Crippen LogP contribution in [0.2, 0.25) is 12.6 Å². The van der Waals surface area contributed by atoms with Crippen LogP contribution < -0.4 is 0 Å². The second-order valence-corrected chi connectivity index (χ2v) is 2.90. The van der Waals surface area contributed by atoms with Gasteiger partial charge in [-0.3, -0.25) is 4.79 Å². The summed E-state index contributed by atoms with van der Waals surface area (Å²) >= 11 is 0. The second-order valence-electron chi connectivity index (χ2n) is 2.90. The van der Waals surface area contributed by atoms with E-state index in [0.717, 1.165) is 19.1 Å². The lowest BCUT2D eigenvalue weighted by Crippen LogP contribution is -2.22. The van der Waals surface area contributed by atoms with Gasteiger partial charge in [0.15, 0.2) is 0 Å². The fourth-order valence-electron chi connectivity index (χ4n) is 1.14. The molecule has 0 aliphatic carbocycles. The summed E-state index contributed by atoms with van der Waals surface area (Å²) in [6, 6.07) is 0. The Morgan fingerprint density at radius 1 is 1.78 bits per heavy atom. The summed E-state index contributed by atoms with van der Waals surface area (Å²) in [7, 11) is 2.05. The van der Waals surface area contributed by atoms with E-state index >= 15 is 0 Å². The van der Waals surface area contributed by atoms with Crippen LogP contribution in [0.4, 0.5) is 0 Å². The molecule has 9 heavy (non-hydrogen) atoms. The first-order valence-electron chi connectivity index (χ1n) is 3.20. The zero-order chi connectivity index (χ0) is 6.91. The smallest absolute Gasteiger partial charge is 0.308 e. The first-order valence-corrected chi connectivity index (χ1v) is 3.20. The molecule has 0 amide bonds. The normalized spacial score (nSPS) is 33.9.